The van der Waals surface area contributed by atoms with Crippen molar-refractivity contribution in [2.45, 2.75) is 52.7 Å². The summed E-state index contributed by atoms with van der Waals surface area (Å²) in [6, 6.07) is 5.73. The molecule has 0 unspecified atom stereocenters. The first-order valence-corrected chi connectivity index (χ1v) is 8.49. The van der Waals surface area contributed by atoms with E-state index in [9.17, 15) is 4.79 Å². The molecule has 0 amide bonds. The summed E-state index contributed by atoms with van der Waals surface area (Å²) in [4.78, 5) is 14.4. The first kappa shape index (κ1) is 18.8. The van der Waals surface area contributed by atoms with Gasteiger partial charge in [0.15, 0.2) is 0 Å². The van der Waals surface area contributed by atoms with Gasteiger partial charge in [0.1, 0.15) is 0 Å². The van der Waals surface area contributed by atoms with Crippen LogP contribution in [-0.4, -0.2) is 44.5 Å². The van der Waals surface area contributed by atoms with E-state index in [4.69, 9.17) is 14.0 Å². The highest BCUT2D eigenvalue weighted by Crippen LogP contribution is 2.36. The lowest BCUT2D eigenvalue weighted by atomic mass is 9.78. The molecule has 0 radical (unpaired) electrons. The molecule has 2 rings (SSSR count). The van der Waals surface area contributed by atoms with Gasteiger partial charge in [0.2, 0.25) is 0 Å². The summed E-state index contributed by atoms with van der Waals surface area (Å²) in [6.07, 6.45) is 0. The molecule has 1 saturated heterocycles. The lowest BCUT2D eigenvalue weighted by Crippen LogP contribution is -2.41. The third-order valence-electron chi connectivity index (χ3n) is 5.06. The number of benzene rings is 1. The Kier molecular flexibility index (Phi) is 5.30. The lowest BCUT2D eigenvalue weighted by Gasteiger charge is -2.32. The minimum absolute atomic E-state index is 0.352. The number of rotatable bonds is 5. The van der Waals surface area contributed by atoms with E-state index < -0.39 is 18.3 Å². The fraction of sp³-hybridized carbons (Fsp3) is 0.611. The highest BCUT2D eigenvalue weighted by molar-refractivity contribution is 6.62. The molecule has 0 N–H and O–H groups in total. The zero-order chi connectivity index (χ0) is 18.1. The summed E-state index contributed by atoms with van der Waals surface area (Å²) in [5, 5.41) is 0. The minimum atomic E-state index is -0.496. The molecule has 132 valence electrons. The summed E-state index contributed by atoms with van der Waals surface area (Å²) >= 11 is 0. The Morgan fingerprint density at radius 1 is 1.12 bits per heavy atom. The van der Waals surface area contributed by atoms with Crippen LogP contribution in [0.2, 0.25) is 0 Å². The van der Waals surface area contributed by atoms with E-state index in [0.29, 0.717) is 5.56 Å². The maximum absolute atomic E-state index is 12.3. The van der Waals surface area contributed by atoms with Crippen LogP contribution in [0.3, 0.4) is 0 Å². The van der Waals surface area contributed by atoms with Crippen molar-refractivity contribution in [1.29, 1.82) is 0 Å². The van der Waals surface area contributed by atoms with Crippen LogP contribution < -0.4 is 10.4 Å². The number of esters is 1. The number of hydrogen-bond acceptors (Lipinski definition) is 5. The predicted octanol–water partition coefficient (Wildman–Crippen LogP) is 2.62. The van der Waals surface area contributed by atoms with E-state index in [1.807, 2.05) is 45.9 Å². The van der Waals surface area contributed by atoms with Crippen molar-refractivity contribution in [1.82, 2.24) is 0 Å². The molecule has 0 bridgehead atoms. The Bertz CT molecular complexity index is 595. The van der Waals surface area contributed by atoms with E-state index in [-0.39, 0.29) is 5.97 Å². The van der Waals surface area contributed by atoms with Gasteiger partial charge in [-0.3, -0.25) is 0 Å². The Hall–Kier alpha value is -1.53. The topological polar surface area (TPSA) is 48.0 Å². The number of nitrogens with zero attached hydrogens (tertiary/aromatic N) is 1. The van der Waals surface area contributed by atoms with Gasteiger partial charge in [-0.2, -0.15) is 0 Å². The molecule has 24 heavy (non-hydrogen) atoms. The molecule has 0 saturated carbocycles. The van der Waals surface area contributed by atoms with Crippen LogP contribution in [-0.2, 0) is 14.0 Å². The quantitative estimate of drug-likeness (QED) is 0.612. The van der Waals surface area contributed by atoms with Crippen LogP contribution in [0.25, 0.3) is 0 Å². The van der Waals surface area contributed by atoms with Crippen LogP contribution in [0, 0.1) is 0 Å². The number of ether oxygens (including phenoxy) is 1. The Balaban J connectivity index is 2.42. The van der Waals surface area contributed by atoms with Crippen LogP contribution in [0.15, 0.2) is 18.2 Å². The first-order valence-electron chi connectivity index (χ1n) is 8.49. The van der Waals surface area contributed by atoms with Gasteiger partial charge in [-0.15, -0.1) is 0 Å². The average Bonchev–Trinajstić information content (AvgIpc) is 2.76. The number of hydrogen-bond donors (Lipinski definition) is 0. The van der Waals surface area contributed by atoms with Gasteiger partial charge in [-0.1, -0.05) is 6.07 Å². The Morgan fingerprint density at radius 2 is 1.67 bits per heavy atom. The zero-order valence-corrected chi connectivity index (χ0v) is 15.8. The maximum Gasteiger partial charge on any atom is 0.494 e. The molecule has 1 heterocycles. The monoisotopic (exact) mass is 333 g/mol. The van der Waals surface area contributed by atoms with Crippen molar-refractivity contribution in [2.75, 3.05) is 25.1 Å². The van der Waals surface area contributed by atoms with Gasteiger partial charge in [-0.05, 0) is 59.1 Å². The minimum Gasteiger partial charge on any atom is -0.465 e. The number of methoxy groups -OCH3 is 1. The van der Waals surface area contributed by atoms with E-state index in [1.54, 1.807) is 0 Å². The van der Waals surface area contributed by atoms with Crippen molar-refractivity contribution in [3.8, 4) is 0 Å². The lowest BCUT2D eigenvalue weighted by molar-refractivity contribution is 0.00578. The maximum atomic E-state index is 12.3. The summed E-state index contributed by atoms with van der Waals surface area (Å²) in [6.45, 7) is 13.8. The van der Waals surface area contributed by atoms with Gasteiger partial charge in [0.05, 0.1) is 29.6 Å². The highest BCUT2D eigenvalue weighted by Gasteiger charge is 2.51. The first-order chi connectivity index (χ1) is 11.2. The number of carbonyl (C=O) groups excluding carboxylic acids is 1. The second kappa shape index (κ2) is 6.77. The highest BCUT2D eigenvalue weighted by atomic mass is 16.7. The van der Waals surface area contributed by atoms with E-state index in [0.717, 1.165) is 24.2 Å². The van der Waals surface area contributed by atoms with Crippen LogP contribution >= 0.6 is 0 Å². The molecule has 0 aliphatic carbocycles. The molecule has 0 spiro atoms. The predicted molar refractivity (Wildman–Crippen MR) is 97.1 cm³/mol. The van der Waals surface area contributed by atoms with Crippen LogP contribution in [0.4, 0.5) is 5.69 Å². The van der Waals surface area contributed by atoms with Crippen molar-refractivity contribution >= 4 is 24.2 Å². The summed E-state index contributed by atoms with van der Waals surface area (Å²) < 4.78 is 17.1. The van der Waals surface area contributed by atoms with Crippen molar-refractivity contribution in [3.05, 3.63) is 23.8 Å². The smallest absolute Gasteiger partial charge is 0.465 e. The standard InChI is InChI=1S/C18H28BNO4/c1-8-20(9-2)15-11-10-13(12-14(15)16(21)22-7)19-23-17(3,4)18(5,6)24-19/h10-12H,8-9H2,1-7H3. The average molecular weight is 333 g/mol. The van der Waals surface area contributed by atoms with Crippen LogP contribution in [0.5, 0.6) is 0 Å². The second-order valence-electron chi connectivity index (χ2n) is 7.03. The molecular weight excluding hydrogens is 305 g/mol. The van der Waals surface area contributed by atoms with Crippen molar-refractivity contribution in [3.63, 3.8) is 0 Å². The third kappa shape index (κ3) is 3.30. The molecule has 1 aromatic rings. The summed E-state index contributed by atoms with van der Waals surface area (Å²) in [5.74, 6) is -0.352. The van der Waals surface area contributed by atoms with E-state index in [2.05, 4.69) is 18.7 Å². The molecule has 1 aliphatic heterocycles. The van der Waals surface area contributed by atoms with Crippen LogP contribution in [0.1, 0.15) is 51.9 Å². The fourth-order valence-electron chi connectivity index (χ4n) is 2.79. The van der Waals surface area contributed by atoms with Gasteiger partial charge in [0, 0.05) is 13.1 Å². The van der Waals surface area contributed by atoms with E-state index >= 15 is 0 Å². The molecule has 0 atom stereocenters. The van der Waals surface area contributed by atoms with Gasteiger partial charge < -0.3 is 18.9 Å². The van der Waals surface area contributed by atoms with Gasteiger partial charge >= 0.3 is 13.1 Å². The zero-order valence-electron chi connectivity index (χ0n) is 15.8. The van der Waals surface area contributed by atoms with Crippen molar-refractivity contribution in [2.24, 2.45) is 0 Å². The SMILES string of the molecule is CCN(CC)c1ccc(B2OC(C)(C)C(C)(C)O2)cc1C(=O)OC. The Labute approximate surface area is 145 Å². The molecule has 5 nitrogen and oxygen atoms in total. The number of anilines is 1. The summed E-state index contributed by atoms with van der Waals surface area (Å²) in [7, 11) is 0.902. The summed E-state index contributed by atoms with van der Waals surface area (Å²) in [5.41, 5.74) is 1.40. The third-order valence-corrected chi connectivity index (χ3v) is 5.06. The van der Waals surface area contributed by atoms with Crippen molar-refractivity contribution < 1.29 is 18.8 Å². The molecule has 1 aliphatic rings. The Morgan fingerprint density at radius 3 is 2.12 bits per heavy atom. The molecule has 1 aromatic carbocycles. The fourth-order valence-corrected chi connectivity index (χ4v) is 2.79. The number of carbonyl (C=O) groups is 1. The largest absolute Gasteiger partial charge is 0.494 e. The van der Waals surface area contributed by atoms with E-state index in [1.165, 1.54) is 7.11 Å². The molecule has 0 aromatic heterocycles. The normalized spacial score (nSPS) is 18.5. The van der Waals surface area contributed by atoms with Gasteiger partial charge in [-0.25, -0.2) is 4.79 Å². The second-order valence-corrected chi connectivity index (χ2v) is 7.03. The molecule has 1 fully saturated rings. The molecule has 6 heteroatoms. The molecular formula is C18H28BNO4. The van der Waals surface area contributed by atoms with Gasteiger partial charge in [0.25, 0.3) is 0 Å².